The van der Waals surface area contributed by atoms with Crippen molar-refractivity contribution >= 4 is 10.0 Å². The fourth-order valence-electron chi connectivity index (χ4n) is 3.22. The summed E-state index contributed by atoms with van der Waals surface area (Å²) in [6.07, 6.45) is 6.78. The van der Waals surface area contributed by atoms with E-state index in [0.29, 0.717) is 12.2 Å². The van der Waals surface area contributed by atoms with Crippen LogP contribution in [0.1, 0.15) is 31.7 Å². The summed E-state index contributed by atoms with van der Waals surface area (Å²) < 4.78 is 40.7. The molecule has 1 N–H and O–H groups in total. The van der Waals surface area contributed by atoms with Gasteiger partial charge in [-0.3, -0.25) is 0 Å². The van der Waals surface area contributed by atoms with Gasteiger partial charge in [0, 0.05) is 18.2 Å². The normalized spacial score (nSPS) is 21.0. The van der Waals surface area contributed by atoms with Crippen LogP contribution in [0.15, 0.2) is 35.7 Å². The summed E-state index contributed by atoms with van der Waals surface area (Å²) in [5.41, 5.74) is 0. The Hall–Kier alpha value is -2.13. The molecule has 1 aliphatic rings. The van der Waals surface area contributed by atoms with E-state index in [0.717, 1.165) is 19.3 Å². The van der Waals surface area contributed by atoms with Crippen LogP contribution < -0.4 is 14.2 Å². The fraction of sp³-hybridized carbons (Fsp3) is 0.500. The van der Waals surface area contributed by atoms with Crippen LogP contribution in [0.5, 0.6) is 11.5 Å². The Bertz CT molecular complexity index is 808. The Morgan fingerprint density at radius 2 is 1.92 bits per heavy atom. The molecule has 3 rings (SSSR count). The molecule has 0 bridgehead atoms. The number of benzene rings is 1. The number of hydrogen-bond donors (Lipinski definition) is 1. The highest BCUT2D eigenvalue weighted by Crippen LogP contribution is 2.31. The van der Waals surface area contributed by atoms with E-state index in [9.17, 15) is 8.42 Å². The molecule has 0 aliphatic heterocycles. The molecule has 9 heteroatoms. The molecule has 8 nitrogen and oxygen atoms in total. The van der Waals surface area contributed by atoms with Crippen LogP contribution in [-0.4, -0.2) is 43.4 Å². The monoisotopic (exact) mass is 366 g/mol. The molecule has 1 fully saturated rings. The predicted octanol–water partition coefficient (Wildman–Crippen LogP) is 1.76. The molecule has 1 saturated carbocycles. The van der Waals surface area contributed by atoms with E-state index >= 15 is 0 Å². The highest BCUT2D eigenvalue weighted by atomic mass is 32.2. The maximum Gasteiger partial charge on any atom is 0.244 e. The van der Waals surface area contributed by atoms with Crippen molar-refractivity contribution in [2.75, 3.05) is 14.2 Å². The molecule has 1 aromatic heterocycles. The van der Waals surface area contributed by atoms with Crippen molar-refractivity contribution < 1.29 is 17.9 Å². The van der Waals surface area contributed by atoms with Gasteiger partial charge in [0.05, 0.1) is 14.2 Å². The topological polar surface area (TPSA) is 95.3 Å². The van der Waals surface area contributed by atoms with Crippen LogP contribution in [0.4, 0.5) is 0 Å². The Morgan fingerprint density at radius 1 is 1.16 bits per heavy atom. The van der Waals surface area contributed by atoms with E-state index in [-0.39, 0.29) is 22.7 Å². The van der Waals surface area contributed by atoms with Gasteiger partial charge in [-0.05, 0) is 37.8 Å². The lowest BCUT2D eigenvalue weighted by atomic mass is 9.91. The molecule has 0 spiro atoms. The summed E-state index contributed by atoms with van der Waals surface area (Å²) in [6.45, 7) is 0. The summed E-state index contributed by atoms with van der Waals surface area (Å²) in [7, 11) is -0.728. The largest absolute Gasteiger partial charge is 0.497 e. The summed E-state index contributed by atoms with van der Waals surface area (Å²) in [5, 5.41) is 7.66. The number of aromatic nitrogens is 3. The van der Waals surface area contributed by atoms with Gasteiger partial charge < -0.3 is 14.0 Å². The van der Waals surface area contributed by atoms with Gasteiger partial charge in [-0.15, -0.1) is 10.2 Å². The molecule has 0 amide bonds. The first-order chi connectivity index (χ1) is 12.0. The smallest absolute Gasteiger partial charge is 0.244 e. The third kappa shape index (κ3) is 3.93. The van der Waals surface area contributed by atoms with Gasteiger partial charge in [-0.1, -0.05) is 0 Å². The van der Waals surface area contributed by atoms with Crippen molar-refractivity contribution in [3.63, 3.8) is 0 Å². The SMILES string of the molecule is COc1ccc(S(=O)(=O)NC2CCCC(n3cnnc3)C2)c(OC)c1. The number of methoxy groups -OCH3 is 2. The van der Waals surface area contributed by atoms with Crippen LogP contribution in [0, 0.1) is 0 Å². The molecule has 0 saturated heterocycles. The zero-order valence-corrected chi connectivity index (χ0v) is 15.1. The Labute approximate surface area is 147 Å². The summed E-state index contributed by atoms with van der Waals surface area (Å²) in [6, 6.07) is 4.74. The van der Waals surface area contributed by atoms with Crippen molar-refractivity contribution in [1.82, 2.24) is 19.5 Å². The van der Waals surface area contributed by atoms with E-state index in [1.165, 1.54) is 20.3 Å². The average Bonchev–Trinajstić information content (AvgIpc) is 3.15. The van der Waals surface area contributed by atoms with E-state index in [4.69, 9.17) is 9.47 Å². The van der Waals surface area contributed by atoms with E-state index in [2.05, 4.69) is 14.9 Å². The first-order valence-corrected chi connectivity index (χ1v) is 9.60. The highest BCUT2D eigenvalue weighted by molar-refractivity contribution is 7.89. The van der Waals surface area contributed by atoms with Gasteiger partial charge >= 0.3 is 0 Å². The van der Waals surface area contributed by atoms with E-state index < -0.39 is 10.0 Å². The summed E-state index contributed by atoms with van der Waals surface area (Å²) >= 11 is 0. The molecular weight excluding hydrogens is 344 g/mol. The maximum absolute atomic E-state index is 12.8. The quantitative estimate of drug-likeness (QED) is 0.837. The Morgan fingerprint density at radius 3 is 2.60 bits per heavy atom. The van der Waals surface area contributed by atoms with Crippen molar-refractivity contribution in [2.45, 2.75) is 42.7 Å². The van der Waals surface area contributed by atoms with Crippen LogP contribution in [0.25, 0.3) is 0 Å². The van der Waals surface area contributed by atoms with Crippen LogP contribution in [-0.2, 0) is 10.0 Å². The minimum atomic E-state index is -3.69. The molecule has 1 aliphatic carbocycles. The van der Waals surface area contributed by atoms with Crippen molar-refractivity contribution in [2.24, 2.45) is 0 Å². The summed E-state index contributed by atoms with van der Waals surface area (Å²) in [4.78, 5) is 0.113. The second kappa shape index (κ2) is 7.40. The number of nitrogens with zero attached hydrogens (tertiary/aromatic N) is 3. The van der Waals surface area contributed by atoms with Crippen LogP contribution in [0.3, 0.4) is 0 Å². The predicted molar refractivity (Wildman–Crippen MR) is 91.2 cm³/mol. The van der Waals surface area contributed by atoms with Gasteiger partial charge in [0.2, 0.25) is 10.0 Å². The molecular formula is C16H22N4O4S. The maximum atomic E-state index is 12.8. The lowest BCUT2D eigenvalue weighted by molar-refractivity contribution is 0.305. The molecule has 2 unspecified atom stereocenters. The number of ether oxygens (including phenoxy) is 2. The van der Waals surface area contributed by atoms with Crippen molar-refractivity contribution in [3.8, 4) is 11.5 Å². The molecule has 25 heavy (non-hydrogen) atoms. The Balaban J connectivity index is 1.77. The first-order valence-electron chi connectivity index (χ1n) is 8.12. The minimum absolute atomic E-state index is 0.113. The summed E-state index contributed by atoms with van der Waals surface area (Å²) in [5.74, 6) is 0.805. The zero-order chi connectivity index (χ0) is 17.9. The first kappa shape index (κ1) is 17.7. The lowest BCUT2D eigenvalue weighted by Gasteiger charge is -2.30. The van der Waals surface area contributed by atoms with Gasteiger partial charge in [0.15, 0.2) is 0 Å². The molecule has 1 aromatic carbocycles. The van der Waals surface area contributed by atoms with Gasteiger partial charge in [-0.2, -0.15) is 0 Å². The third-order valence-electron chi connectivity index (χ3n) is 4.49. The van der Waals surface area contributed by atoms with Gasteiger partial charge in [0.1, 0.15) is 29.0 Å². The molecule has 2 atom stereocenters. The molecule has 136 valence electrons. The van der Waals surface area contributed by atoms with Crippen LogP contribution in [0.2, 0.25) is 0 Å². The molecule has 1 heterocycles. The number of rotatable bonds is 6. The van der Waals surface area contributed by atoms with Gasteiger partial charge in [0.25, 0.3) is 0 Å². The van der Waals surface area contributed by atoms with Crippen molar-refractivity contribution in [3.05, 3.63) is 30.9 Å². The minimum Gasteiger partial charge on any atom is -0.497 e. The molecule has 0 radical (unpaired) electrons. The number of nitrogens with one attached hydrogen (secondary N) is 1. The Kier molecular flexibility index (Phi) is 5.24. The second-order valence-electron chi connectivity index (χ2n) is 6.06. The standard InChI is InChI=1S/C16H22N4O4S/c1-23-14-6-7-16(15(9-14)24-2)25(21,22)19-12-4-3-5-13(8-12)20-10-17-18-11-20/h6-7,9-13,19H,3-5,8H2,1-2H3. The second-order valence-corrected chi connectivity index (χ2v) is 7.75. The number of hydrogen-bond acceptors (Lipinski definition) is 6. The highest BCUT2D eigenvalue weighted by Gasteiger charge is 2.29. The number of sulfonamides is 1. The third-order valence-corrected chi connectivity index (χ3v) is 6.05. The fourth-order valence-corrected chi connectivity index (χ4v) is 4.65. The van der Waals surface area contributed by atoms with E-state index in [1.54, 1.807) is 24.8 Å². The lowest BCUT2D eigenvalue weighted by Crippen LogP contribution is -2.38. The zero-order valence-electron chi connectivity index (χ0n) is 14.3. The van der Waals surface area contributed by atoms with Crippen LogP contribution >= 0.6 is 0 Å². The van der Waals surface area contributed by atoms with Crippen molar-refractivity contribution in [1.29, 1.82) is 0 Å². The average molecular weight is 366 g/mol. The van der Waals surface area contributed by atoms with E-state index in [1.807, 2.05) is 4.57 Å². The molecule has 2 aromatic rings. The van der Waals surface area contributed by atoms with Gasteiger partial charge in [-0.25, -0.2) is 13.1 Å².